The Morgan fingerprint density at radius 1 is 0.932 bits per heavy atom. The van der Waals surface area contributed by atoms with Crippen molar-refractivity contribution in [1.82, 2.24) is 50.9 Å². The Kier molecular flexibility index (Phi) is 19.6. The molecular formula is C51H78N10O11S. The molecule has 2 saturated heterocycles. The number of hydrogen-bond donors (Lipinski definition) is 5. The van der Waals surface area contributed by atoms with Crippen LogP contribution in [0.3, 0.4) is 0 Å². The van der Waals surface area contributed by atoms with Crippen LogP contribution in [0.5, 0.6) is 0 Å². The number of sulfonamides is 1. The van der Waals surface area contributed by atoms with Crippen LogP contribution in [0, 0.1) is 23.7 Å². The highest BCUT2D eigenvalue weighted by Gasteiger charge is 2.49. The fourth-order valence-corrected chi connectivity index (χ4v) is 12.4. The Hall–Kier alpha value is -5.42. The minimum Gasteiger partial charge on any atom is -0.379 e. The first-order valence-electron chi connectivity index (χ1n) is 25.7. The number of piperidine rings is 1. The number of fused-ring (bicyclic) bond motifs is 2. The zero-order chi connectivity index (χ0) is 53.3. The summed E-state index contributed by atoms with van der Waals surface area (Å²) in [5, 5.41) is 7.46. The van der Waals surface area contributed by atoms with Crippen molar-refractivity contribution in [3.8, 4) is 0 Å². The molecule has 5 aliphatic rings. The average Bonchev–Trinajstić information content (AvgIpc) is 4.23. The predicted molar refractivity (Wildman–Crippen MR) is 271 cm³/mol. The normalized spacial score (nSPS) is 23.7. The molecule has 7 amide bonds. The van der Waals surface area contributed by atoms with Crippen LogP contribution >= 0.6 is 0 Å². The molecule has 0 radical (unpaired) electrons. The van der Waals surface area contributed by atoms with Gasteiger partial charge in [-0.2, -0.15) is 0 Å². The fraction of sp³-hybridized carbons (Fsp3) is 0.667. The van der Waals surface area contributed by atoms with E-state index in [1.807, 2.05) is 34.7 Å². The first kappa shape index (κ1) is 56.9. The van der Waals surface area contributed by atoms with Gasteiger partial charge in [0.05, 0.1) is 60.7 Å². The molecule has 21 nitrogen and oxygen atoms in total. The van der Waals surface area contributed by atoms with Crippen molar-refractivity contribution < 1.29 is 51.5 Å². The molecule has 0 aromatic heterocycles. The Bertz CT molecular complexity index is 2320. The third kappa shape index (κ3) is 13.9. The molecule has 73 heavy (non-hydrogen) atoms. The van der Waals surface area contributed by atoms with Crippen molar-refractivity contribution >= 4 is 51.4 Å². The van der Waals surface area contributed by atoms with Gasteiger partial charge < -0.3 is 35.3 Å². The minimum atomic E-state index is -4.19. The van der Waals surface area contributed by atoms with Crippen molar-refractivity contribution in [2.45, 2.75) is 141 Å². The number of methoxy groups -OCH3 is 2. The third-order valence-corrected chi connectivity index (χ3v) is 16.9. The molecule has 4 aliphatic heterocycles. The van der Waals surface area contributed by atoms with Gasteiger partial charge in [0.25, 0.3) is 17.7 Å². The van der Waals surface area contributed by atoms with E-state index in [9.17, 15) is 42.0 Å². The molecular weight excluding hydrogens is 961 g/mol. The number of ether oxygens (including phenoxy) is 2. The molecule has 11 atom stereocenters. The lowest BCUT2D eigenvalue weighted by Crippen LogP contribution is -2.60. The molecule has 22 heteroatoms. The van der Waals surface area contributed by atoms with Gasteiger partial charge in [0.2, 0.25) is 33.7 Å². The second-order valence-corrected chi connectivity index (χ2v) is 22.6. The van der Waals surface area contributed by atoms with Gasteiger partial charge in [-0.1, -0.05) is 71.4 Å². The maximum atomic E-state index is 14.5. The zero-order valence-electron chi connectivity index (χ0n) is 43.9. The number of rotatable bonds is 26. The van der Waals surface area contributed by atoms with Gasteiger partial charge in [-0.3, -0.25) is 53.1 Å². The van der Waals surface area contributed by atoms with E-state index in [2.05, 4.69) is 31.2 Å². The molecule has 404 valence electrons. The smallest absolute Gasteiger partial charge is 0.256 e. The van der Waals surface area contributed by atoms with E-state index in [4.69, 9.17) is 9.47 Å². The van der Waals surface area contributed by atoms with Gasteiger partial charge >= 0.3 is 0 Å². The molecule has 1 saturated carbocycles. The highest BCUT2D eigenvalue weighted by molar-refractivity contribution is 7.90. The molecule has 6 rings (SSSR count). The number of hydrazine groups is 2. The lowest BCUT2D eigenvalue weighted by Gasteiger charge is -2.41. The van der Waals surface area contributed by atoms with Gasteiger partial charge in [0.15, 0.2) is 0 Å². The number of nitrogens with one attached hydrogen (secondary N) is 5. The molecule has 0 spiro atoms. The summed E-state index contributed by atoms with van der Waals surface area (Å²) in [4.78, 5) is 101. The summed E-state index contributed by atoms with van der Waals surface area (Å²) in [5.41, 5.74) is 6.88. The maximum absolute atomic E-state index is 14.5. The van der Waals surface area contributed by atoms with Crippen molar-refractivity contribution in [3.63, 3.8) is 0 Å². The molecule has 4 heterocycles. The SMILES string of the molecule is CC[C@H](C)[C@@H]([C@@H](CC(=O)N1CCC[C@H]1[C@H](OC)[C@@H](C)C(=O)N[C@@H](Cc1ccccc1)C(=O)NS(=O)(=O)CCCN1C=C(CN2C(=O)C=CC2=O)NN1)OC)N(C)C(=O)[C@@H](NC(=O)[C@@H]1[C@H]2CC[C@H](C2)N1C)C(C)C. The molecule has 5 N–H and O–H groups in total. The monoisotopic (exact) mass is 1040 g/mol. The van der Waals surface area contributed by atoms with Crippen LogP contribution in [0.1, 0.15) is 91.5 Å². The van der Waals surface area contributed by atoms with Crippen LogP contribution < -0.4 is 26.3 Å². The number of likely N-dealkylation sites (tertiary alicyclic amines) is 2. The maximum Gasteiger partial charge on any atom is 0.256 e. The van der Waals surface area contributed by atoms with E-state index in [0.29, 0.717) is 43.1 Å². The van der Waals surface area contributed by atoms with Crippen LogP contribution in [-0.4, -0.2) is 177 Å². The lowest BCUT2D eigenvalue weighted by molar-refractivity contribution is -0.148. The van der Waals surface area contributed by atoms with E-state index in [1.54, 1.807) is 65.3 Å². The van der Waals surface area contributed by atoms with Crippen molar-refractivity contribution in [1.29, 1.82) is 0 Å². The quantitative estimate of drug-likeness (QED) is 0.0819. The highest BCUT2D eigenvalue weighted by atomic mass is 32.2. The number of amides is 7. The number of hydrogen-bond acceptors (Lipinski definition) is 15. The van der Waals surface area contributed by atoms with Gasteiger partial charge in [0.1, 0.15) is 12.1 Å². The number of nitrogens with zero attached hydrogens (tertiary/aromatic N) is 5. The summed E-state index contributed by atoms with van der Waals surface area (Å²) in [6.45, 7) is 10.1. The number of benzene rings is 1. The van der Waals surface area contributed by atoms with Gasteiger partial charge in [-0.25, -0.2) is 8.42 Å². The Morgan fingerprint density at radius 3 is 2.25 bits per heavy atom. The molecule has 1 aliphatic carbocycles. The van der Waals surface area contributed by atoms with E-state index in [0.717, 1.165) is 24.2 Å². The van der Waals surface area contributed by atoms with Gasteiger partial charge in [0, 0.05) is 65.2 Å². The molecule has 3 fully saturated rings. The average molecular weight is 1040 g/mol. The standard InChI is InChI=1S/C51H78N10O11S/c1-10-32(4)45(58(7)51(68)44(31(2)3)53-50(67)46-35-19-20-37(27-35)57(46)6)40(71-8)28-43(64)60-24-14-18-39(60)47(72-9)33(5)48(65)52-38(26-34-16-12-11-13-17-34)49(66)55-73(69,70)25-15-23-59-29-36(54-56-59)30-61-41(62)21-22-42(61)63/h11-13,16-17,21-22,29,31-33,35,37-40,44-47,54,56H,10,14-15,18-20,23-28,30H2,1-9H3,(H,52,65)(H,53,67)(H,55,66)/t32-,33+,35-,37+,38-,39-,40+,44-,45-,46-,47+/m0/s1. The number of imide groups is 1. The summed E-state index contributed by atoms with van der Waals surface area (Å²) in [7, 11) is 2.50. The number of likely N-dealkylation sites (N-methyl/N-ethyl adjacent to an activating group) is 2. The summed E-state index contributed by atoms with van der Waals surface area (Å²) >= 11 is 0. The Labute approximate surface area is 430 Å². The van der Waals surface area contributed by atoms with E-state index in [-0.39, 0.29) is 73.9 Å². The predicted octanol–water partition coefficient (Wildman–Crippen LogP) is 1.19. The first-order valence-corrected chi connectivity index (χ1v) is 27.4. The Balaban J connectivity index is 1.08. The van der Waals surface area contributed by atoms with Crippen LogP contribution in [0.15, 0.2) is 54.4 Å². The first-order chi connectivity index (χ1) is 34.7. The third-order valence-electron chi connectivity index (χ3n) is 15.5. The molecule has 0 unspecified atom stereocenters. The summed E-state index contributed by atoms with van der Waals surface area (Å²) in [6, 6.07) is 5.85. The van der Waals surface area contributed by atoms with Crippen LogP contribution in [0.2, 0.25) is 0 Å². The van der Waals surface area contributed by atoms with Crippen LogP contribution in [0.4, 0.5) is 0 Å². The molecule has 1 aromatic rings. The number of carbonyl (C=O) groups excluding carboxylic acids is 7. The van der Waals surface area contributed by atoms with E-state index < -0.39 is 81.7 Å². The zero-order valence-corrected chi connectivity index (χ0v) is 44.7. The second-order valence-electron chi connectivity index (χ2n) is 20.7. The van der Waals surface area contributed by atoms with E-state index in [1.165, 1.54) is 26.4 Å². The lowest BCUT2D eigenvalue weighted by atomic mass is 9.89. The molecule has 2 bridgehead atoms. The minimum absolute atomic E-state index is 0.00337. The Morgan fingerprint density at radius 2 is 1.63 bits per heavy atom. The van der Waals surface area contributed by atoms with Crippen molar-refractivity contribution in [3.05, 3.63) is 59.9 Å². The highest BCUT2D eigenvalue weighted by Crippen LogP contribution is 2.41. The van der Waals surface area contributed by atoms with E-state index >= 15 is 0 Å². The fourth-order valence-electron chi connectivity index (χ4n) is 11.3. The van der Waals surface area contributed by atoms with Crippen LogP contribution in [0.25, 0.3) is 0 Å². The van der Waals surface area contributed by atoms with Crippen molar-refractivity contribution in [2.24, 2.45) is 23.7 Å². The largest absolute Gasteiger partial charge is 0.379 e. The van der Waals surface area contributed by atoms with Gasteiger partial charge in [-0.05, 0) is 68.9 Å². The summed E-state index contributed by atoms with van der Waals surface area (Å²) in [6.07, 6.45) is 7.38. The van der Waals surface area contributed by atoms with Gasteiger partial charge in [-0.15, -0.1) is 5.53 Å². The molecule has 1 aromatic carbocycles. The van der Waals surface area contributed by atoms with Crippen LogP contribution in [-0.2, 0) is 59.5 Å². The number of carbonyl (C=O) groups is 7. The second kappa shape index (κ2) is 25.2. The summed E-state index contributed by atoms with van der Waals surface area (Å²) < 4.78 is 40.9. The topological polar surface area (TPSA) is 248 Å². The summed E-state index contributed by atoms with van der Waals surface area (Å²) in [5.74, 6) is -4.35. The van der Waals surface area contributed by atoms with Crippen molar-refractivity contribution in [2.75, 3.05) is 53.7 Å².